The summed E-state index contributed by atoms with van der Waals surface area (Å²) in [7, 11) is 0. The van der Waals surface area contributed by atoms with Crippen molar-refractivity contribution >= 4 is 33.7 Å². The lowest BCUT2D eigenvalue weighted by molar-refractivity contribution is 0.0975. The monoisotopic (exact) mass is 467 g/mol. The van der Waals surface area contributed by atoms with E-state index in [1.165, 1.54) is 5.69 Å². The number of anilines is 2. The number of rotatable bonds is 4. The maximum Gasteiger partial charge on any atom is 0.139 e. The molecule has 176 valence electrons. The molecule has 3 aromatic rings. The van der Waals surface area contributed by atoms with Gasteiger partial charge < -0.3 is 19.6 Å². The van der Waals surface area contributed by atoms with E-state index in [-0.39, 0.29) is 11.3 Å². The second kappa shape index (κ2) is 9.16. The van der Waals surface area contributed by atoms with E-state index in [1.54, 1.807) is 17.7 Å². The number of nitrogens with zero attached hydrogens (tertiary/aromatic N) is 5. The van der Waals surface area contributed by atoms with Crippen molar-refractivity contribution in [2.24, 2.45) is 5.92 Å². The molecule has 2 atom stereocenters. The molecule has 33 heavy (non-hydrogen) atoms. The highest BCUT2D eigenvalue weighted by Gasteiger charge is 2.31. The molecule has 7 nitrogen and oxygen atoms in total. The molecule has 0 radical (unpaired) electrons. The van der Waals surface area contributed by atoms with Crippen LogP contribution in [0.25, 0.3) is 10.9 Å². The highest BCUT2D eigenvalue weighted by atomic mass is 32.1. The zero-order valence-corrected chi connectivity index (χ0v) is 20.5. The van der Waals surface area contributed by atoms with Crippen LogP contribution in [-0.4, -0.2) is 59.5 Å². The second-order valence-electron chi connectivity index (χ2n) is 10.1. The van der Waals surface area contributed by atoms with Gasteiger partial charge in [-0.3, -0.25) is 0 Å². The third-order valence-corrected chi connectivity index (χ3v) is 7.64. The van der Waals surface area contributed by atoms with Crippen molar-refractivity contribution in [1.29, 1.82) is 0 Å². The van der Waals surface area contributed by atoms with E-state index in [0.717, 1.165) is 79.7 Å². The van der Waals surface area contributed by atoms with E-state index in [1.807, 2.05) is 0 Å². The Bertz CT molecular complexity index is 1110. The van der Waals surface area contributed by atoms with Gasteiger partial charge in [0.15, 0.2) is 0 Å². The van der Waals surface area contributed by atoms with Crippen molar-refractivity contribution in [3.05, 3.63) is 40.6 Å². The summed E-state index contributed by atoms with van der Waals surface area (Å²) < 4.78 is 5.49. The Morgan fingerprint density at radius 2 is 1.94 bits per heavy atom. The summed E-state index contributed by atoms with van der Waals surface area (Å²) in [6, 6.07) is 6.47. The second-order valence-corrected chi connectivity index (χ2v) is 11.0. The largest absolute Gasteiger partial charge is 0.386 e. The summed E-state index contributed by atoms with van der Waals surface area (Å²) in [4.78, 5) is 18.7. The number of hydrogen-bond donors (Lipinski definition) is 1. The minimum Gasteiger partial charge on any atom is -0.386 e. The average Bonchev–Trinajstić information content (AvgIpc) is 3.35. The van der Waals surface area contributed by atoms with E-state index in [0.29, 0.717) is 0 Å². The van der Waals surface area contributed by atoms with Crippen LogP contribution < -0.4 is 9.80 Å². The molecule has 2 aromatic heterocycles. The predicted molar refractivity (Wildman–Crippen MR) is 133 cm³/mol. The van der Waals surface area contributed by atoms with Gasteiger partial charge in [-0.25, -0.2) is 15.0 Å². The molecule has 2 unspecified atom stereocenters. The first-order chi connectivity index (χ1) is 15.9. The number of piperidine rings is 1. The molecule has 0 bridgehead atoms. The number of benzene rings is 1. The number of aromatic nitrogens is 3. The summed E-state index contributed by atoms with van der Waals surface area (Å²) in [5, 5.41) is 15.1. The van der Waals surface area contributed by atoms with Crippen molar-refractivity contribution in [3.63, 3.8) is 0 Å². The molecule has 0 amide bonds. The molecular formula is C25H33N5O2S. The summed E-state index contributed by atoms with van der Waals surface area (Å²) in [6.45, 7) is 11.5. The smallest absolute Gasteiger partial charge is 0.139 e. The first-order valence-corrected chi connectivity index (χ1v) is 12.7. The Morgan fingerprint density at radius 1 is 1.12 bits per heavy atom. The van der Waals surface area contributed by atoms with Crippen LogP contribution in [0.3, 0.4) is 0 Å². The number of fused-ring (bicyclic) bond motifs is 1. The average molecular weight is 468 g/mol. The molecule has 4 heterocycles. The zero-order chi connectivity index (χ0) is 23.0. The predicted octanol–water partition coefficient (Wildman–Crippen LogP) is 4.17. The van der Waals surface area contributed by atoms with Crippen LogP contribution in [0.5, 0.6) is 0 Å². The Morgan fingerprint density at radius 3 is 2.70 bits per heavy atom. The van der Waals surface area contributed by atoms with Gasteiger partial charge in [0.2, 0.25) is 0 Å². The van der Waals surface area contributed by atoms with Crippen LogP contribution in [0.1, 0.15) is 50.4 Å². The summed E-state index contributed by atoms with van der Waals surface area (Å²) >= 11 is 1.57. The van der Waals surface area contributed by atoms with Crippen LogP contribution in [0.4, 0.5) is 11.5 Å². The third kappa shape index (κ3) is 4.69. The normalized spacial score (nSPS) is 20.9. The maximum absolute atomic E-state index is 11.2. The van der Waals surface area contributed by atoms with Gasteiger partial charge in [-0.15, -0.1) is 11.3 Å². The molecule has 5 rings (SSSR count). The van der Waals surface area contributed by atoms with E-state index >= 15 is 0 Å². The minimum atomic E-state index is -0.546. The SMILES string of the molecule is CC(C)(C)c1csc(C(O)C2CCCN(c3ncnc4cc(N5CCOCC5)ccc34)C2)n1. The van der Waals surface area contributed by atoms with Crippen LogP contribution >= 0.6 is 11.3 Å². The highest BCUT2D eigenvalue weighted by molar-refractivity contribution is 7.09. The fourth-order valence-electron chi connectivity index (χ4n) is 4.73. The standard InChI is InChI=1S/C25H33N5O2S/c1-25(2,3)21-15-33-24(28-21)22(31)17-5-4-8-30(14-17)23-19-7-6-18(13-20(19)26-16-27-23)29-9-11-32-12-10-29/h6-7,13,15-17,22,31H,4-5,8-12,14H2,1-3H3. The summed E-state index contributed by atoms with van der Waals surface area (Å²) in [5.41, 5.74) is 3.18. The van der Waals surface area contributed by atoms with E-state index in [9.17, 15) is 5.11 Å². The first-order valence-electron chi connectivity index (χ1n) is 11.9. The number of ether oxygens (including phenoxy) is 1. The van der Waals surface area contributed by atoms with Gasteiger partial charge in [-0.05, 0) is 31.0 Å². The lowest BCUT2D eigenvalue weighted by atomic mass is 9.91. The van der Waals surface area contributed by atoms with Gasteiger partial charge in [0, 0.05) is 54.0 Å². The quantitative estimate of drug-likeness (QED) is 0.617. The molecule has 8 heteroatoms. The van der Waals surface area contributed by atoms with E-state index in [4.69, 9.17) is 9.72 Å². The van der Waals surface area contributed by atoms with E-state index < -0.39 is 6.10 Å². The van der Waals surface area contributed by atoms with E-state index in [2.05, 4.69) is 64.1 Å². The molecular weight excluding hydrogens is 434 g/mol. The molecule has 0 spiro atoms. The van der Waals surface area contributed by atoms with Crippen molar-refractivity contribution in [2.75, 3.05) is 49.2 Å². The lowest BCUT2D eigenvalue weighted by Gasteiger charge is -2.36. The molecule has 2 aliphatic heterocycles. The number of thiazole rings is 1. The third-order valence-electron chi connectivity index (χ3n) is 6.72. The Balaban J connectivity index is 1.36. The van der Waals surface area contributed by atoms with Crippen molar-refractivity contribution in [2.45, 2.75) is 45.1 Å². The molecule has 2 saturated heterocycles. The minimum absolute atomic E-state index is 0.00693. The number of aliphatic hydroxyl groups excluding tert-OH is 1. The molecule has 0 aliphatic carbocycles. The Labute approximate surface area is 199 Å². The van der Waals surface area contributed by atoms with Gasteiger partial charge in [-0.1, -0.05) is 20.8 Å². The van der Waals surface area contributed by atoms with Crippen LogP contribution in [0.2, 0.25) is 0 Å². The summed E-state index contributed by atoms with van der Waals surface area (Å²) in [5.74, 6) is 1.09. The van der Waals surface area contributed by atoms with Crippen LogP contribution in [-0.2, 0) is 10.2 Å². The van der Waals surface area contributed by atoms with Gasteiger partial charge in [-0.2, -0.15) is 0 Å². The molecule has 0 saturated carbocycles. The zero-order valence-electron chi connectivity index (χ0n) is 19.7. The molecule has 2 fully saturated rings. The number of aliphatic hydroxyl groups is 1. The summed E-state index contributed by atoms with van der Waals surface area (Å²) in [6.07, 6.45) is 3.13. The van der Waals surface area contributed by atoms with Crippen molar-refractivity contribution < 1.29 is 9.84 Å². The highest BCUT2D eigenvalue weighted by Crippen LogP contribution is 2.36. The van der Waals surface area contributed by atoms with Crippen molar-refractivity contribution in [1.82, 2.24) is 15.0 Å². The fourth-order valence-corrected chi connectivity index (χ4v) is 5.85. The van der Waals surface area contributed by atoms with Gasteiger partial charge in [0.25, 0.3) is 0 Å². The van der Waals surface area contributed by atoms with Gasteiger partial charge in [0.05, 0.1) is 24.4 Å². The number of hydrogen-bond acceptors (Lipinski definition) is 8. The lowest BCUT2D eigenvalue weighted by Crippen LogP contribution is -2.38. The van der Waals surface area contributed by atoms with Crippen LogP contribution in [0, 0.1) is 5.92 Å². The first kappa shape index (κ1) is 22.5. The molecule has 1 N–H and O–H groups in total. The molecule has 1 aromatic carbocycles. The Hall–Kier alpha value is -2.29. The Kier molecular flexibility index (Phi) is 6.24. The van der Waals surface area contributed by atoms with Gasteiger partial charge >= 0.3 is 0 Å². The maximum atomic E-state index is 11.2. The fraction of sp³-hybridized carbons (Fsp3) is 0.560. The van der Waals surface area contributed by atoms with Crippen molar-refractivity contribution in [3.8, 4) is 0 Å². The van der Waals surface area contributed by atoms with Crippen LogP contribution in [0.15, 0.2) is 29.9 Å². The molecule has 2 aliphatic rings. The number of morpholine rings is 1. The topological polar surface area (TPSA) is 74.6 Å². The van der Waals surface area contributed by atoms with Gasteiger partial charge in [0.1, 0.15) is 23.3 Å².